The molecule has 5 nitrogen and oxygen atoms in total. The molecule has 94 valence electrons. The second kappa shape index (κ2) is 5.19. The lowest BCUT2D eigenvalue weighted by molar-refractivity contribution is 0.0993. The van der Waals surface area contributed by atoms with Gasteiger partial charge in [-0.05, 0) is 18.2 Å². The molecule has 0 aliphatic carbocycles. The van der Waals surface area contributed by atoms with E-state index < -0.39 is 0 Å². The fraction of sp³-hybridized carbons (Fsp3) is 0.0714. The van der Waals surface area contributed by atoms with Crippen LogP contribution in [0.25, 0.3) is 0 Å². The van der Waals surface area contributed by atoms with Crippen LogP contribution in [0.5, 0.6) is 0 Å². The van der Waals surface area contributed by atoms with E-state index in [2.05, 4.69) is 11.1 Å². The van der Waals surface area contributed by atoms with Crippen LogP contribution in [0.1, 0.15) is 15.9 Å². The van der Waals surface area contributed by atoms with Gasteiger partial charge >= 0.3 is 0 Å². The number of nitriles is 1. The number of rotatable bonds is 2. The Bertz CT molecular complexity index is 660. The van der Waals surface area contributed by atoms with Crippen molar-refractivity contribution in [1.29, 1.82) is 5.26 Å². The maximum Gasteiger partial charge on any atom is 0.260 e. The van der Waals surface area contributed by atoms with E-state index in [0.717, 1.165) is 0 Å². The second-order valence-electron chi connectivity index (χ2n) is 3.96. The van der Waals surface area contributed by atoms with Crippen LogP contribution in [0.2, 0.25) is 0 Å². The molecule has 0 aliphatic heterocycles. The highest BCUT2D eigenvalue weighted by atomic mass is 16.2. The van der Waals surface area contributed by atoms with Crippen LogP contribution >= 0.6 is 0 Å². The van der Waals surface area contributed by atoms with Gasteiger partial charge in [-0.3, -0.25) is 9.78 Å². The zero-order chi connectivity index (χ0) is 13.8. The van der Waals surface area contributed by atoms with Crippen LogP contribution in [-0.2, 0) is 0 Å². The maximum absolute atomic E-state index is 12.3. The minimum absolute atomic E-state index is 0.275. The van der Waals surface area contributed by atoms with E-state index in [1.165, 1.54) is 17.3 Å². The molecule has 0 bridgehead atoms. The van der Waals surface area contributed by atoms with Crippen molar-refractivity contribution in [2.24, 2.45) is 0 Å². The van der Waals surface area contributed by atoms with Crippen LogP contribution in [0.15, 0.2) is 42.7 Å². The average Bonchev–Trinajstić information content (AvgIpc) is 2.46. The van der Waals surface area contributed by atoms with Gasteiger partial charge in [0.05, 0.1) is 28.7 Å². The number of nitrogen functional groups attached to an aromatic ring is 1. The quantitative estimate of drug-likeness (QED) is 0.883. The van der Waals surface area contributed by atoms with Gasteiger partial charge in [0.1, 0.15) is 6.07 Å². The molecular formula is C14H12N4O. The molecule has 1 aromatic carbocycles. The predicted octanol–water partition coefficient (Wildman–Crippen LogP) is 1.81. The van der Waals surface area contributed by atoms with Crippen LogP contribution in [0, 0.1) is 11.3 Å². The van der Waals surface area contributed by atoms with Crippen molar-refractivity contribution in [1.82, 2.24) is 4.98 Å². The van der Waals surface area contributed by atoms with E-state index in [0.29, 0.717) is 22.5 Å². The van der Waals surface area contributed by atoms with E-state index in [1.54, 1.807) is 37.4 Å². The van der Waals surface area contributed by atoms with Crippen LogP contribution in [0.4, 0.5) is 11.4 Å². The number of hydrogen-bond donors (Lipinski definition) is 1. The normalized spacial score (nSPS) is 9.68. The van der Waals surface area contributed by atoms with E-state index in [4.69, 9.17) is 11.0 Å². The molecule has 0 radical (unpaired) electrons. The number of carbonyl (C=O) groups is 1. The van der Waals surface area contributed by atoms with Crippen molar-refractivity contribution in [2.75, 3.05) is 17.7 Å². The van der Waals surface area contributed by atoms with Crippen LogP contribution < -0.4 is 10.6 Å². The number of benzene rings is 1. The van der Waals surface area contributed by atoms with E-state index in [1.807, 2.05) is 0 Å². The number of hydrogen-bond acceptors (Lipinski definition) is 4. The number of pyridine rings is 1. The molecule has 5 heteroatoms. The molecule has 0 saturated carbocycles. The average molecular weight is 252 g/mol. The molecule has 0 spiro atoms. The largest absolute Gasteiger partial charge is 0.397 e. The summed E-state index contributed by atoms with van der Waals surface area (Å²) in [7, 11) is 1.61. The van der Waals surface area contributed by atoms with Gasteiger partial charge in [0.25, 0.3) is 5.91 Å². The molecule has 1 aromatic heterocycles. The van der Waals surface area contributed by atoms with Crippen LogP contribution in [-0.4, -0.2) is 17.9 Å². The Labute approximate surface area is 110 Å². The van der Waals surface area contributed by atoms with Gasteiger partial charge in [-0.2, -0.15) is 5.26 Å². The first kappa shape index (κ1) is 12.6. The third kappa shape index (κ3) is 2.38. The van der Waals surface area contributed by atoms with E-state index >= 15 is 0 Å². The molecule has 0 aliphatic rings. The standard InChI is InChI=1S/C14H12N4O/c1-18(13-5-3-2-4-10(13)8-15)14(19)11-6-7-17-9-12(11)16/h2-7,9H,16H2,1H3. The molecule has 19 heavy (non-hydrogen) atoms. The number of carbonyl (C=O) groups excluding carboxylic acids is 1. The smallest absolute Gasteiger partial charge is 0.260 e. The highest BCUT2D eigenvalue weighted by molar-refractivity contribution is 6.09. The molecular weight excluding hydrogens is 240 g/mol. The van der Waals surface area contributed by atoms with Crippen molar-refractivity contribution in [3.05, 3.63) is 53.9 Å². The third-order valence-electron chi connectivity index (χ3n) is 2.77. The SMILES string of the molecule is CN(C(=O)c1ccncc1N)c1ccccc1C#N. The number of para-hydroxylation sites is 1. The van der Waals surface area contributed by atoms with E-state index in [9.17, 15) is 4.79 Å². The van der Waals surface area contributed by atoms with E-state index in [-0.39, 0.29) is 5.91 Å². The summed E-state index contributed by atoms with van der Waals surface area (Å²) in [5.74, 6) is -0.275. The number of amides is 1. The maximum atomic E-state index is 12.3. The van der Waals surface area contributed by atoms with Gasteiger partial charge in [-0.1, -0.05) is 12.1 Å². The van der Waals surface area contributed by atoms with Gasteiger partial charge in [0.15, 0.2) is 0 Å². The minimum atomic E-state index is -0.275. The summed E-state index contributed by atoms with van der Waals surface area (Å²) in [6, 6.07) is 10.5. The Balaban J connectivity index is 2.40. The summed E-state index contributed by atoms with van der Waals surface area (Å²) < 4.78 is 0. The number of aromatic nitrogens is 1. The molecule has 2 N–H and O–H groups in total. The number of anilines is 2. The lowest BCUT2D eigenvalue weighted by Crippen LogP contribution is -2.27. The first-order valence-electron chi connectivity index (χ1n) is 5.62. The highest BCUT2D eigenvalue weighted by Gasteiger charge is 2.18. The number of nitrogens with two attached hydrogens (primary N) is 1. The Morgan fingerprint density at radius 3 is 2.79 bits per heavy atom. The van der Waals surface area contributed by atoms with Gasteiger partial charge in [-0.25, -0.2) is 0 Å². The molecule has 0 fully saturated rings. The molecule has 1 amide bonds. The summed E-state index contributed by atoms with van der Waals surface area (Å²) in [4.78, 5) is 17.6. The lowest BCUT2D eigenvalue weighted by Gasteiger charge is -2.19. The Kier molecular flexibility index (Phi) is 3.44. The summed E-state index contributed by atoms with van der Waals surface area (Å²) in [5, 5.41) is 9.05. The first-order valence-corrected chi connectivity index (χ1v) is 5.62. The third-order valence-corrected chi connectivity index (χ3v) is 2.77. The molecule has 0 saturated heterocycles. The monoisotopic (exact) mass is 252 g/mol. The predicted molar refractivity (Wildman–Crippen MR) is 72.5 cm³/mol. The van der Waals surface area contributed by atoms with Crippen molar-refractivity contribution in [3.8, 4) is 6.07 Å². The van der Waals surface area contributed by atoms with Gasteiger partial charge < -0.3 is 10.6 Å². The van der Waals surface area contributed by atoms with Gasteiger partial charge in [0, 0.05) is 13.2 Å². The number of nitrogens with zero attached hydrogens (tertiary/aromatic N) is 3. The molecule has 0 atom stereocenters. The second-order valence-corrected chi connectivity index (χ2v) is 3.96. The first-order chi connectivity index (χ1) is 9.15. The van der Waals surface area contributed by atoms with Crippen LogP contribution in [0.3, 0.4) is 0 Å². The Morgan fingerprint density at radius 1 is 1.37 bits per heavy atom. The summed E-state index contributed by atoms with van der Waals surface area (Å²) >= 11 is 0. The zero-order valence-corrected chi connectivity index (χ0v) is 10.4. The summed E-state index contributed by atoms with van der Waals surface area (Å²) in [6.07, 6.45) is 2.94. The topological polar surface area (TPSA) is 83.0 Å². The van der Waals surface area contributed by atoms with Gasteiger partial charge in [-0.15, -0.1) is 0 Å². The van der Waals surface area contributed by atoms with Crippen molar-refractivity contribution < 1.29 is 4.79 Å². The Hall–Kier alpha value is -2.87. The summed E-state index contributed by atoms with van der Waals surface area (Å²) in [6.45, 7) is 0. The van der Waals surface area contributed by atoms with Gasteiger partial charge in [0.2, 0.25) is 0 Å². The lowest BCUT2D eigenvalue weighted by atomic mass is 10.1. The molecule has 2 aromatic rings. The zero-order valence-electron chi connectivity index (χ0n) is 10.4. The minimum Gasteiger partial charge on any atom is -0.397 e. The van der Waals surface area contributed by atoms with Crippen molar-refractivity contribution in [2.45, 2.75) is 0 Å². The molecule has 1 heterocycles. The van der Waals surface area contributed by atoms with Crippen molar-refractivity contribution >= 4 is 17.3 Å². The fourth-order valence-corrected chi connectivity index (χ4v) is 1.75. The fourth-order valence-electron chi connectivity index (χ4n) is 1.75. The Morgan fingerprint density at radius 2 is 2.11 bits per heavy atom. The molecule has 0 unspecified atom stereocenters. The summed E-state index contributed by atoms with van der Waals surface area (Å²) in [5.41, 5.74) is 7.40. The molecule has 2 rings (SSSR count). The van der Waals surface area contributed by atoms with Crippen molar-refractivity contribution in [3.63, 3.8) is 0 Å². The highest BCUT2D eigenvalue weighted by Crippen LogP contribution is 2.21.